The van der Waals surface area contributed by atoms with E-state index in [4.69, 9.17) is 5.73 Å². The molecule has 0 heterocycles. The van der Waals surface area contributed by atoms with Gasteiger partial charge < -0.3 is 5.73 Å². The van der Waals surface area contributed by atoms with E-state index < -0.39 is 21.7 Å². The fraction of sp³-hybridized carbons (Fsp3) is 0.538. The first-order valence-corrected chi connectivity index (χ1v) is 8.10. The molecule has 1 unspecified atom stereocenters. The lowest BCUT2D eigenvalue weighted by Gasteiger charge is -2.23. The molecule has 1 aromatic rings. The van der Waals surface area contributed by atoms with Gasteiger partial charge in [0.1, 0.15) is 0 Å². The third-order valence-electron chi connectivity index (χ3n) is 3.73. The summed E-state index contributed by atoms with van der Waals surface area (Å²) in [4.78, 5) is -0.284. The first-order valence-electron chi connectivity index (χ1n) is 6.61. The first kappa shape index (κ1) is 18.3. The summed E-state index contributed by atoms with van der Waals surface area (Å²) in [6.45, 7) is 0.188. The Kier molecular flexibility index (Phi) is 6.52. The van der Waals surface area contributed by atoms with Gasteiger partial charge in [-0.1, -0.05) is 12.8 Å². The molecule has 4 nitrogen and oxygen atoms in total. The maximum absolute atomic E-state index is 13.1. The van der Waals surface area contributed by atoms with Crippen LogP contribution in [0.2, 0.25) is 0 Å². The lowest BCUT2D eigenvalue weighted by atomic mass is 9.99. The van der Waals surface area contributed by atoms with Gasteiger partial charge in [0.2, 0.25) is 10.0 Å². The predicted molar refractivity (Wildman–Crippen MR) is 78.7 cm³/mol. The summed E-state index contributed by atoms with van der Waals surface area (Å²) in [5, 5.41) is 0. The monoisotopic (exact) mass is 340 g/mol. The molecule has 3 N–H and O–H groups in total. The summed E-state index contributed by atoms with van der Waals surface area (Å²) in [5.74, 6) is -2.05. The molecule has 1 atom stereocenters. The molecule has 0 aliphatic heterocycles. The molecule has 8 heteroatoms. The molecule has 0 aromatic heterocycles. The molecule has 2 rings (SSSR count). The van der Waals surface area contributed by atoms with Gasteiger partial charge in [0.25, 0.3) is 0 Å². The SMILES string of the molecule is Cl.NCC(NS(=O)(=O)c1ccc(F)c(F)c1)C1CCCC1. The third kappa shape index (κ3) is 4.35. The van der Waals surface area contributed by atoms with Crippen LogP contribution in [0.25, 0.3) is 0 Å². The number of halogens is 3. The zero-order valence-corrected chi connectivity index (χ0v) is 13.0. The summed E-state index contributed by atoms with van der Waals surface area (Å²) in [5.41, 5.74) is 5.63. The van der Waals surface area contributed by atoms with Crippen molar-refractivity contribution in [1.82, 2.24) is 4.72 Å². The molecule has 1 aromatic carbocycles. The van der Waals surface area contributed by atoms with Gasteiger partial charge in [-0.3, -0.25) is 0 Å². The van der Waals surface area contributed by atoms with Crippen LogP contribution in [0.4, 0.5) is 8.78 Å². The Balaban J connectivity index is 0.00000220. The van der Waals surface area contributed by atoms with Crippen molar-refractivity contribution in [3.8, 4) is 0 Å². The summed E-state index contributed by atoms with van der Waals surface area (Å²) in [7, 11) is -3.88. The van der Waals surface area contributed by atoms with E-state index in [1.54, 1.807) is 0 Å². The topological polar surface area (TPSA) is 72.2 Å². The smallest absolute Gasteiger partial charge is 0.240 e. The second-order valence-electron chi connectivity index (χ2n) is 5.08. The van der Waals surface area contributed by atoms with Crippen LogP contribution >= 0.6 is 12.4 Å². The lowest BCUT2D eigenvalue weighted by molar-refractivity contribution is 0.405. The maximum Gasteiger partial charge on any atom is 0.240 e. The molecule has 120 valence electrons. The van der Waals surface area contributed by atoms with Crippen molar-refractivity contribution in [2.24, 2.45) is 11.7 Å². The van der Waals surface area contributed by atoms with Crippen LogP contribution < -0.4 is 10.5 Å². The molecular formula is C13H19ClF2N2O2S. The second-order valence-corrected chi connectivity index (χ2v) is 6.80. The van der Waals surface area contributed by atoms with Crippen molar-refractivity contribution in [2.75, 3.05) is 6.54 Å². The molecule has 0 spiro atoms. The van der Waals surface area contributed by atoms with Gasteiger partial charge in [-0.05, 0) is 37.0 Å². The quantitative estimate of drug-likeness (QED) is 0.863. The minimum absolute atomic E-state index is 0. The van der Waals surface area contributed by atoms with Crippen molar-refractivity contribution >= 4 is 22.4 Å². The number of benzene rings is 1. The van der Waals surface area contributed by atoms with E-state index in [0.717, 1.165) is 37.8 Å². The maximum atomic E-state index is 13.1. The summed E-state index contributed by atoms with van der Waals surface area (Å²) >= 11 is 0. The van der Waals surface area contributed by atoms with E-state index in [1.165, 1.54) is 0 Å². The van der Waals surface area contributed by atoms with Gasteiger partial charge in [0.15, 0.2) is 11.6 Å². The number of hydrogen-bond acceptors (Lipinski definition) is 3. The Bertz CT molecular complexity index is 578. The molecule has 21 heavy (non-hydrogen) atoms. The van der Waals surface area contributed by atoms with Crippen LogP contribution in [0.3, 0.4) is 0 Å². The number of rotatable bonds is 5. The highest BCUT2D eigenvalue weighted by Crippen LogP contribution is 2.28. The van der Waals surface area contributed by atoms with E-state index in [-0.39, 0.29) is 35.8 Å². The van der Waals surface area contributed by atoms with Crippen LogP contribution in [0.1, 0.15) is 25.7 Å². The largest absolute Gasteiger partial charge is 0.329 e. The number of sulfonamides is 1. The summed E-state index contributed by atoms with van der Waals surface area (Å²) in [6, 6.07) is 2.16. The molecule has 0 bridgehead atoms. The van der Waals surface area contributed by atoms with Gasteiger partial charge in [0, 0.05) is 12.6 Å². The Labute approximate surface area is 129 Å². The first-order chi connectivity index (χ1) is 9.44. The number of nitrogens with one attached hydrogen (secondary N) is 1. The highest BCUT2D eigenvalue weighted by molar-refractivity contribution is 7.89. The zero-order valence-electron chi connectivity index (χ0n) is 11.4. The predicted octanol–water partition coefficient (Wildman–Crippen LogP) is 2.18. The summed E-state index contributed by atoms with van der Waals surface area (Å²) in [6.07, 6.45) is 3.99. The Morgan fingerprint density at radius 2 is 1.86 bits per heavy atom. The van der Waals surface area contributed by atoms with Gasteiger partial charge in [0.05, 0.1) is 4.90 Å². The minimum atomic E-state index is -3.88. The molecule has 1 saturated carbocycles. The summed E-state index contributed by atoms with van der Waals surface area (Å²) < 4.78 is 52.8. The van der Waals surface area contributed by atoms with Crippen molar-refractivity contribution in [3.63, 3.8) is 0 Å². The van der Waals surface area contributed by atoms with Crippen molar-refractivity contribution in [3.05, 3.63) is 29.8 Å². The van der Waals surface area contributed by atoms with Gasteiger partial charge in [-0.25, -0.2) is 21.9 Å². The molecular weight excluding hydrogens is 322 g/mol. The average molecular weight is 341 g/mol. The second kappa shape index (κ2) is 7.49. The molecule has 0 saturated heterocycles. The standard InChI is InChI=1S/C13H18F2N2O2S.ClH/c14-11-6-5-10(7-12(11)15)20(18,19)17-13(8-16)9-3-1-2-4-9;/h5-7,9,13,17H,1-4,8,16H2;1H. The van der Waals surface area contributed by atoms with Crippen molar-refractivity contribution in [1.29, 1.82) is 0 Å². The fourth-order valence-electron chi connectivity index (χ4n) is 2.61. The molecule has 0 amide bonds. The highest BCUT2D eigenvalue weighted by atomic mass is 35.5. The van der Waals surface area contributed by atoms with Gasteiger partial charge in [-0.2, -0.15) is 0 Å². The lowest BCUT2D eigenvalue weighted by Crippen LogP contribution is -2.44. The van der Waals surface area contributed by atoms with Gasteiger partial charge in [-0.15, -0.1) is 12.4 Å². The van der Waals surface area contributed by atoms with Crippen LogP contribution in [-0.2, 0) is 10.0 Å². The van der Waals surface area contributed by atoms with Crippen molar-refractivity contribution < 1.29 is 17.2 Å². The fourth-order valence-corrected chi connectivity index (χ4v) is 3.94. The Hall–Kier alpha value is -0.760. The zero-order chi connectivity index (χ0) is 14.8. The molecule has 0 radical (unpaired) electrons. The van der Waals surface area contributed by atoms with Crippen LogP contribution in [0.15, 0.2) is 23.1 Å². The third-order valence-corrected chi connectivity index (χ3v) is 5.22. The Morgan fingerprint density at radius 1 is 1.24 bits per heavy atom. The normalized spacial score (nSPS) is 17.5. The highest BCUT2D eigenvalue weighted by Gasteiger charge is 2.28. The van der Waals surface area contributed by atoms with E-state index in [2.05, 4.69) is 4.72 Å². The van der Waals surface area contributed by atoms with E-state index in [0.29, 0.717) is 6.07 Å². The van der Waals surface area contributed by atoms with E-state index >= 15 is 0 Å². The van der Waals surface area contributed by atoms with E-state index in [9.17, 15) is 17.2 Å². The van der Waals surface area contributed by atoms with Crippen LogP contribution in [0.5, 0.6) is 0 Å². The number of nitrogens with two attached hydrogens (primary N) is 1. The Morgan fingerprint density at radius 3 is 2.38 bits per heavy atom. The number of hydrogen-bond donors (Lipinski definition) is 2. The van der Waals surface area contributed by atoms with Crippen molar-refractivity contribution in [2.45, 2.75) is 36.6 Å². The molecule has 1 fully saturated rings. The van der Waals surface area contributed by atoms with Crippen LogP contribution in [-0.4, -0.2) is 21.0 Å². The van der Waals surface area contributed by atoms with Crippen LogP contribution in [0, 0.1) is 17.6 Å². The molecule has 1 aliphatic carbocycles. The van der Waals surface area contributed by atoms with E-state index in [1.807, 2.05) is 0 Å². The average Bonchev–Trinajstić information content (AvgIpc) is 2.93. The molecule has 1 aliphatic rings. The van der Waals surface area contributed by atoms with Gasteiger partial charge >= 0.3 is 0 Å². The minimum Gasteiger partial charge on any atom is -0.329 e.